The maximum atomic E-state index is 11.4. The molecule has 0 aromatic heterocycles. The van der Waals surface area contributed by atoms with Gasteiger partial charge in [-0.1, -0.05) is 0 Å². The van der Waals surface area contributed by atoms with Gasteiger partial charge in [-0.3, -0.25) is 0 Å². The lowest BCUT2D eigenvalue weighted by Gasteiger charge is -2.18. The fraction of sp³-hybridized carbons (Fsp3) is 0.462. The van der Waals surface area contributed by atoms with Gasteiger partial charge in [0.05, 0.1) is 12.7 Å². The highest BCUT2D eigenvalue weighted by molar-refractivity contribution is 5.90. The van der Waals surface area contributed by atoms with Crippen molar-refractivity contribution in [1.82, 2.24) is 0 Å². The standard InChI is InChI=1S/C13H19NO3/c1-14(2)12-7-6-11(13(16)17-3)9-10(12)5-4-8-15/h6-7,9,15H,4-5,8H2,1-3H3. The van der Waals surface area contributed by atoms with Crippen molar-refractivity contribution in [2.24, 2.45) is 0 Å². The summed E-state index contributed by atoms with van der Waals surface area (Å²) in [5.41, 5.74) is 2.66. The third kappa shape index (κ3) is 3.46. The van der Waals surface area contributed by atoms with Crippen LogP contribution in [0.5, 0.6) is 0 Å². The fourth-order valence-corrected chi connectivity index (χ4v) is 1.74. The fourth-order valence-electron chi connectivity index (χ4n) is 1.74. The van der Waals surface area contributed by atoms with Crippen LogP contribution in [0.3, 0.4) is 0 Å². The minimum atomic E-state index is -0.333. The van der Waals surface area contributed by atoms with Gasteiger partial charge in [-0.05, 0) is 36.6 Å². The molecule has 0 atom stereocenters. The summed E-state index contributed by atoms with van der Waals surface area (Å²) in [5.74, 6) is -0.333. The van der Waals surface area contributed by atoms with Crippen molar-refractivity contribution >= 4 is 11.7 Å². The number of rotatable bonds is 5. The molecule has 0 heterocycles. The SMILES string of the molecule is COC(=O)c1ccc(N(C)C)c(CCCO)c1. The second-order valence-corrected chi connectivity index (χ2v) is 4.06. The number of hydrogen-bond acceptors (Lipinski definition) is 4. The summed E-state index contributed by atoms with van der Waals surface area (Å²) in [4.78, 5) is 13.4. The van der Waals surface area contributed by atoms with Gasteiger partial charge in [0.25, 0.3) is 0 Å². The van der Waals surface area contributed by atoms with E-state index in [1.165, 1.54) is 7.11 Å². The molecule has 0 saturated heterocycles. The Kier molecular flexibility index (Phi) is 4.97. The molecule has 4 heteroatoms. The quantitative estimate of drug-likeness (QED) is 0.788. The number of benzene rings is 1. The first kappa shape index (κ1) is 13.5. The Labute approximate surface area is 102 Å². The predicted octanol–water partition coefficient (Wildman–Crippen LogP) is 1.46. The average Bonchev–Trinajstić information content (AvgIpc) is 2.34. The maximum Gasteiger partial charge on any atom is 0.337 e. The van der Waals surface area contributed by atoms with Crippen LogP contribution in [0.4, 0.5) is 5.69 Å². The van der Waals surface area contributed by atoms with Crippen LogP contribution in [-0.4, -0.2) is 38.9 Å². The van der Waals surface area contributed by atoms with E-state index in [1.807, 2.05) is 31.1 Å². The number of aliphatic hydroxyl groups is 1. The molecule has 1 N–H and O–H groups in total. The smallest absolute Gasteiger partial charge is 0.337 e. The second kappa shape index (κ2) is 6.25. The highest BCUT2D eigenvalue weighted by Gasteiger charge is 2.10. The maximum absolute atomic E-state index is 11.4. The number of hydrogen-bond donors (Lipinski definition) is 1. The number of aliphatic hydroxyl groups excluding tert-OH is 1. The largest absolute Gasteiger partial charge is 0.465 e. The molecule has 1 aromatic rings. The van der Waals surface area contributed by atoms with E-state index in [-0.39, 0.29) is 12.6 Å². The molecule has 1 aromatic carbocycles. The van der Waals surface area contributed by atoms with Crippen molar-refractivity contribution in [2.75, 3.05) is 32.7 Å². The molecule has 0 aliphatic heterocycles. The van der Waals surface area contributed by atoms with Gasteiger partial charge < -0.3 is 14.7 Å². The Bertz CT molecular complexity index is 388. The van der Waals surface area contributed by atoms with E-state index in [0.717, 1.165) is 17.7 Å². The van der Waals surface area contributed by atoms with E-state index in [9.17, 15) is 4.79 Å². The molecule has 0 saturated carbocycles. The Morgan fingerprint density at radius 2 is 2.12 bits per heavy atom. The third-order valence-corrected chi connectivity index (χ3v) is 2.59. The number of methoxy groups -OCH3 is 1. The van der Waals surface area contributed by atoms with Gasteiger partial charge in [0.2, 0.25) is 0 Å². The van der Waals surface area contributed by atoms with Crippen LogP contribution < -0.4 is 4.90 Å². The Morgan fingerprint density at radius 3 is 2.65 bits per heavy atom. The number of carbonyl (C=O) groups is 1. The van der Waals surface area contributed by atoms with Crippen LogP contribution in [-0.2, 0) is 11.2 Å². The topological polar surface area (TPSA) is 49.8 Å². The molecule has 1 rings (SSSR count). The van der Waals surface area contributed by atoms with Gasteiger partial charge in [0, 0.05) is 26.4 Å². The highest BCUT2D eigenvalue weighted by atomic mass is 16.5. The number of anilines is 1. The van der Waals surface area contributed by atoms with Crippen molar-refractivity contribution in [3.63, 3.8) is 0 Å². The molecule has 0 spiro atoms. The Morgan fingerprint density at radius 1 is 1.41 bits per heavy atom. The van der Waals surface area contributed by atoms with Gasteiger partial charge >= 0.3 is 5.97 Å². The summed E-state index contributed by atoms with van der Waals surface area (Å²) in [6.45, 7) is 0.148. The van der Waals surface area contributed by atoms with Crippen LogP contribution >= 0.6 is 0 Å². The molecule has 0 fully saturated rings. The van der Waals surface area contributed by atoms with Crippen LogP contribution in [0.2, 0.25) is 0 Å². The van der Waals surface area contributed by atoms with Crippen molar-refractivity contribution in [2.45, 2.75) is 12.8 Å². The first-order valence-corrected chi connectivity index (χ1v) is 5.59. The van der Waals surface area contributed by atoms with Crippen LogP contribution in [0, 0.1) is 0 Å². The zero-order valence-corrected chi connectivity index (χ0v) is 10.6. The first-order valence-electron chi connectivity index (χ1n) is 5.59. The Balaban J connectivity index is 3.05. The van der Waals surface area contributed by atoms with Gasteiger partial charge in [-0.25, -0.2) is 4.79 Å². The second-order valence-electron chi connectivity index (χ2n) is 4.06. The average molecular weight is 237 g/mol. The third-order valence-electron chi connectivity index (χ3n) is 2.59. The summed E-state index contributed by atoms with van der Waals surface area (Å²) in [6.07, 6.45) is 1.43. The van der Waals surface area contributed by atoms with Gasteiger partial charge in [0.1, 0.15) is 0 Å². The molecular formula is C13H19NO3. The molecule has 0 amide bonds. The number of aryl methyl sites for hydroxylation is 1. The number of esters is 1. The number of carbonyl (C=O) groups excluding carboxylic acids is 1. The van der Waals surface area contributed by atoms with Crippen molar-refractivity contribution in [3.05, 3.63) is 29.3 Å². The summed E-state index contributed by atoms with van der Waals surface area (Å²) in [7, 11) is 5.28. The van der Waals surface area contributed by atoms with E-state index in [2.05, 4.69) is 0 Å². The van der Waals surface area contributed by atoms with E-state index in [1.54, 1.807) is 6.07 Å². The molecule has 0 radical (unpaired) electrons. The van der Waals surface area contributed by atoms with Crippen LogP contribution in [0.15, 0.2) is 18.2 Å². The lowest BCUT2D eigenvalue weighted by atomic mass is 10.0. The van der Waals surface area contributed by atoms with E-state index in [4.69, 9.17) is 9.84 Å². The number of ether oxygens (including phenoxy) is 1. The van der Waals surface area contributed by atoms with E-state index >= 15 is 0 Å². The highest BCUT2D eigenvalue weighted by Crippen LogP contribution is 2.22. The van der Waals surface area contributed by atoms with E-state index < -0.39 is 0 Å². The molecule has 0 aliphatic rings. The minimum Gasteiger partial charge on any atom is -0.465 e. The zero-order chi connectivity index (χ0) is 12.8. The minimum absolute atomic E-state index is 0.148. The van der Waals surface area contributed by atoms with Crippen molar-refractivity contribution in [1.29, 1.82) is 0 Å². The normalized spacial score (nSPS) is 10.1. The summed E-state index contributed by atoms with van der Waals surface area (Å²) in [5, 5.41) is 8.88. The molecule has 94 valence electrons. The lowest BCUT2D eigenvalue weighted by Crippen LogP contribution is -2.13. The van der Waals surface area contributed by atoms with Gasteiger partial charge in [-0.2, -0.15) is 0 Å². The molecule has 0 bridgehead atoms. The van der Waals surface area contributed by atoms with Crippen molar-refractivity contribution in [3.8, 4) is 0 Å². The van der Waals surface area contributed by atoms with E-state index in [0.29, 0.717) is 12.0 Å². The Hall–Kier alpha value is -1.55. The summed E-state index contributed by atoms with van der Waals surface area (Å²) >= 11 is 0. The molecule has 4 nitrogen and oxygen atoms in total. The summed E-state index contributed by atoms with van der Waals surface area (Å²) < 4.78 is 4.69. The zero-order valence-electron chi connectivity index (χ0n) is 10.6. The molecule has 17 heavy (non-hydrogen) atoms. The van der Waals surface area contributed by atoms with Gasteiger partial charge in [0.15, 0.2) is 0 Å². The van der Waals surface area contributed by atoms with Crippen LogP contribution in [0.1, 0.15) is 22.3 Å². The van der Waals surface area contributed by atoms with Crippen LogP contribution in [0.25, 0.3) is 0 Å². The molecular weight excluding hydrogens is 218 g/mol. The first-order chi connectivity index (χ1) is 8.10. The molecule has 0 unspecified atom stereocenters. The lowest BCUT2D eigenvalue weighted by molar-refractivity contribution is 0.0600. The molecule has 0 aliphatic carbocycles. The van der Waals surface area contributed by atoms with Gasteiger partial charge in [-0.15, -0.1) is 0 Å². The summed E-state index contributed by atoms with van der Waals surface area (Å²) in [6, 6.07) is 5.49. The number of nitrogens with zero attached hydrogens (tertiary/aromatic N) is 1. The van der Waals surface area contributed by atoms with Crippen molar-refractivity contribution < 1.29 is 14.6 Å². The monoisotopic (exact) mass is 237 g/mol. The predicted molar refractivity (Wildman–Crippen MR) is 67.5 cm³/mol.